The number of ketones is 1. The van der Waals surface area contributed by atoms with Gasteiger partial charge < -0.3 is 5.73 Å². The zero-order valence-electron chi connectivity index (χ0n) is 12.9. The van der Waals surface area contributed by atoms with Gasteiger partial charge in [-0.2, -0.15) is 0 Å². The monoisotopic (exact) mass is 275 g/mol. The Morgan fingerprint density at radius 1 is 1.40 bits per heavy atom. The Morgan fingerprint density at radius 3 is 2.55 bits per heavy atom. The number of nitrogen functional groups attached to an aromatic ring is 1. The number of aryl methyl sites for hydroxylation is 1. The molecule has 110 valence electrons. The van der Waals surface area contributed by atoms with Crippen molar-refractivity contribution in [1.29, 1.82) is 0 Å². The Balaban J connectivity index is 2.39. The molecule has 0 radical (unpaired) electrons. The van der Waals surface area contributed by atoms with Gasteiger partial charge in [-0.1, -0.05) is 6.92 Å². The van der Waals surface area contributed by atoms with Gasteiger partial charge in [0.1, 0.15) is 5.82 Å². The van der Waals surface area contributed by atoms with Crippen LogP contribution in [0.15, 0.2) is 12.3 Å². The van der Waals surface area contributed by atoms with Crippen LogP contribution in [0.25, 0.3) is 0 Å². The molecule has 4 nitrogen and oxygen atoms in total. The number of hydrogen-bond acceptors (Lipinski definition) is 4. The first-order valence-corrected chi connectivity index (χ1v) is 7.31. The number of pyridine rings is 1. The fraction of sp³-hybridized carbons (Fsp3) is 0.625. The van der Waals surface area contributed by atoms with Crippen LogP contribution in [-0.2, 0) is 0 Å². The number of likely N-dealkylation sites (N-methyl/N-ethyl adjacent to an activating group) is 1. The molecule has 20 heavy (non-hydrogen) atoms. The van der Waals surface area contributed by atoms with Crippen LogP contribution in [0.3, 0.4) is 0 Å². The molecule has 1 aromatic heterocycles. The molecule has 0 bridgehead atoms. The minimum Gasteiger partial charge on any atom is -0.383 e. The van der Waals surface area contributed by atoms with Crippen molar-refractivity contribution in [3.8, 4) is 0 Å². The van der Waals surface area contributed by atoms with E-state index in [1.54, 1.807) is 6.20 Å². The van der Waals surface area contributed by atoms with E-state index in [0.717, 1.165) is 31.2 Å². The number of nitrogens with two attached hydrogens (primary N) is 1. The number of Topliss-reactive ketones (excluding diaryl/α,β-unsaturated/α-hetero) is 1. The second-order valence-electron chi connectivity index (χ2n) is 6.38. The first-order valence-electron chi connectivity index (χ1n) is 7.31. The number of carbonyl (C=O) groups is 1. The van der Waals surface area contributed by atoms with Crippen molar-refractivity contribution in [3.63, 3.8) is 0 Å². The van der Waals surface area contributed by atoms with E-state index in [-0.39, 0.29) is 5.78 Å². The van der Waals surface area contributed by atoms with Crippen molar-refractivity contribution in [1.82, 2.24) is 9.88 Å². The Bertz CT molecular complexity index is 502. The van der Waals surface area contributed by atoms with Crippen LogP contribution in [-0.4, -0.2) is 35.3 Å². The van der Waals surface area contributed by atoms with E-state index in [9.17, 15) is 4.79 Å². The van der Waals surface area contributed by atoms with Gasteiger partial charge in [0.25, 0.3) is 0 Å². The van der Waals surface area contributed by atoms with Crippen LogP contribution in [0.1, 0.15) is 48.5 Å². The molecule has 2 rings (SSSR count). The van der Waals surface area contributed by atoms with Crippen molar-refractivity contribution >= 4 is 11.6 Å². The number of carbonyl (C=O) groups excluding carboxylic acids is 1. The molecule has 0 atom stereocenters. The molecule has 1 saturated carbocycles. The van der Waals surface area contributed by atoms with Crippen molar-refractivity contribution in [3.05, 3.63) is 23.4 Å². The molecular formula is C16H25N3O. The highest BCUT2D eigenvalue weighted by Gasteiger charge is 2.43. The summed E-state index contributed by atoms with van der Waals surface area (Å²) >= 11 is 0. The number of anilines is 1. The molecule has 0 amide bonds. The molecule has 0 spiro atoms. The minimum absolute atomic E-state index is 0.128. The first-order chi connectivity index (χ1) is 9.36. The average Bonchev–Trinajstić information content (AvgIpc) is 2.41. The standard InChI is InChI=1S/C16H25N3O/c1-11-5-7-16(8-6-11,19(3)4)14(20)13-9-12(2)10-18-15(13)17/h9-11H,5-8H2,1-4H3,(H2,17,18). The number of rotatable bonds is 3. The normalized spacial score (nSPS) is 26.8. The summed E-state index contributed by atoms with van der Waals surface area (Å²) in [6, 6.07) is 1.87. The molecule has 0 unspecified atom stereocenters. The lowest BCUT2D eigenvalue weighted by Gasteiger charge is -2.43. The molecule has 0 saturated heterocycles. The van der Waals surface area contributed by atoms with Crippen molar-refractivity contribution in [2.75, 3.05) is 19.8 Å². The van der Waals surface area contributed by atoms with Crippen LogP contribution in [0.4, 0.5) is 5.82 Å². The number of aromatic nitrogens is 1. The summed E-state index contributed by atoms with van der Waals surface area (Å²) in [6.07, 6.45) is 5.67. The van der Waals surface area contributed by atoms with Gasteiger partial charge in [-0.25, -0.2) is 4.98 Å². The predicted molar refractivity (Wildman–Crippen MR) is 81.8 cm³/mol. The molecule has 0 aliphatic heterocycles. The summed E-state index contributed by atoms with van der Waals surface area (Å²) in [5.41, 5.74) is 7.06. The maximum Gasteiger partial charge on any atom is 0.186 e. The number of hydrogen-bond donors (Lipinski definition) is 1. The summed E-state index contributed by atoms with van der Waals surface area (Å²) in [5, 5.41) is 0. The lowest BCUT2D eigenvalue weighted by molar-refractivity contribution is 0.0514. The van der Waals surface area contributed by atoms with Gasteiger partial charge in [-0.15, -0.1) is 0 Å². The van der Waals surface area contributed by atoms with Crippen LogP contribution < -0.4 is 5.73 Å². The van der Waals surface area contributed by atoms with E-state index in [1.165, 1.54) is 0 Å². The van der Waals surface area contributed by atoms with E-state index in [4.69, 9.17) is 5.73 Å². The molecule has 4 heteroatoms. The molecule has 1 aliphatic rings. The molecule has 1 heterocycles. The van der Waals surface area contributed by atoms with Gasteiger partial charge in [-0.05, 0) is 64.3 Å². The summed E-state index contributed by atoms with van der Waals surface area (Å²) in [4.78, 5) is 19.3. The zero-order chi connectivity index (χ0) is 14.9. The highest BCUT2D eigenvalue weighted by Crippen LogP contribution is 2.38. The SMILES string of the molecule is Cc1cnc(N)c(C(=O)C2(N(C)C)CCC(C)CC2)c1. The highest BCUT2D eigenvalue weighted by atomic mass is 16.1. The predicted octanol–water partition coefficient (Wildman–Crippen LogP) is 2.67. The van der Waals surface area contributed by atoms with Gasteiger partial charge in [0.15, 0.2) is 5.78 Å². The van der Waals surface area contributed by atoms with Crippen molar-refractivity contribution in [2.45, 2.75) is 45.1 Å². The Morgan fingerprint density at radius 2 is 2.00 bits per heavy atom. The molecule has 1 aromatic rings. The fourth-order valence-corrected chi connectivity index (χ4v) is 3.13. The molecular weight excluding hydrogens is 250 g/mol. The summed E-state index contributed by atoms with van der Waals surface area (Å²) < 4.78 is 0. The van der Waals surface area contributed by atoms with Gasteiger partial charge >= 0.3 is 0 Å². The van der Waals surface area contributed by atoms with Crippen LogP contribution in [0.5, 0.6) is 0 Å². The smallest absolute Gasteiger partial charge is 0.186 e. The lowest BCUT2D eigenvalue weighted by Crippen LogP contribution is -2.53. The van der Waals surface area contributed by atoms with Gasteiger partial charge in [0.05, 0.1) is 11.1 Å². The maximum atomic E-state index is 13.1. The van der Waals surface area contributed by atoms with Gasteiger partial charge in [0, 0.05) is 6.20 Å². The summed E-state index contributed by atoms with van der Waals surface area (Å²) in [5.74, 6) is 1.17. The topological polar surface area (TPSA) is 59.2 Å². The molecule has 1 fully saturated rings. The average molecular weight is 275 g/mol. The Hall–Kier alpha value is -1.42. The van der Waals surface area contributed by atoms with Crippen molar-refractivity contribution in [2.24, 2.45) is 5.92 Å². The van der Waals surface area contributed by atoms with E-state index in [2.05, 4.69) is 16.8 Å². The summed E-state index contributed by atoms with van der Waals surface area (Å²) in [7, 11) is 3.99. The van der Waals surface area contributed by atoms with Gasteiger partial charge in [-0.3, -0.25) is 9.69 Å². The first kappa shape index (κ1) is 15.0. The molecule has 2 N–H and O–H groups in total. The Kier molecular flexibility index (Phi) is 4.14. The van der Waals surface area contributed by atoms with Crippen LogP contribution in [0.2, 0.25) is 0 Å². The molecule has 1 aliphatic carbocycles. The third kappa shape index (κ3) is 2.57. The summed E-state index contributed by atoms with van der Waals surface area (Å²) in [6.45, 7) is 4.20. The van der Waals surface area contributed by atoms with E-state index < -0.39 is 5.54 Å². The van der Waals surface area contributed by atoms with Crippen molar-refractivity contribution < 1.29 is 4.79 Å². The Labute approximate surface area is 121 Å². The third-order valence-electron chi connectivity index (χ3n) is 4.68. The van der Waals surface area contributed by atoms with Crippen LogP contribution in [0, 0.1) is 12.8 Å². The zero-order valence-corrected chi connectivity index (χ0v) is 12.9. The van der Waals surface area contributed by atoms with E-state index in [0.29, 0.717) is 17.3 Å². The minimum atomic E-state index is -0.421. The van der Waals surface area contributed by atoms with Gasteiger partial charge in [0.2, 0.25) is 0 Å². The quantitative estimate of drug-likeness (QED) is 0.862. The second kappa shape index (κ2) is 5.52. The maximum absolute atomic E-state index is 13.1. The third-order valence-corrected chi connectivity index (χ3v) is 4.68. The van der Waals surface area contributed by atoms with Crippen LogP contribution >= 0.6 is 0 Å². The van der Waals surface area contributed by atoms with E-state index >= 15 is 0 Å². The highest BCUT2D eigenvalue weighted by molar-refractivity contribution is 6.06. The lowest BCUT2D eigenvalue weighted by atomic mass is 9.72. The van der Waals surface area contributed by atoms with E-state index in [1.807, 2.05) is 27.1 Å². The fourth-order valence-electron chi connectivity index (χ4n) is 3.13. The second-order valence-corrected chi connectivity index (χ2v) is 6.38. The largest absolute Gasteiger partial charge is 0.383 e. The molecule has 0 aromatic carbocycles. The number of nitrogens with zero attached hydrogens (tertiary/aromatic N) is 2.